The first-order valence-electron chi connectivity index (χ1n) is 12.4. The van der Waals surface area contributed by atoms with Gasteiger partial charge in [-0.1, -0.05) is 65.8 Å². The third-order valence-electron chi connectivity index (χ3n) is 8.36. The highest BCUT2D eigenvalue weighted by atomic mass is 28.4. The van der Waals surface area contributed by atoms with Crippen LogP contribution in [0.3, 0.4) is 0 Å². The highest BCUT2D eigenvalue weighted by molar-refractivity contribution is 6.74. The van der Waals surface area contributed by atoms with Crippen molar-refractivity contribution in [2.24, 2.45) is 0 Å². The van der Waals surface area contributed by atoms with E-state index in [4.69, 9.17) is 13.6 Å². The summed E-state index contributed by atoms with van der Waals surface area (Å²) < 4.78 is 18.8. The lowest BCUT2D eigenvalue weighted by atomic mass is 9.98. The van der Waals surface area contributed by atoms with Gasteiger partial charge in [0, 0.05) is 19.0 Å². The van der Waals surface area contributed by atoms with Crippen molar-refractivity contribution in [3.05, 3.63) is 35.4 Å². The second kappa shape index (κ2) is 9.13. The number of amides is 1. The normalized spacial score (nSPS) is 24.6. The Bertz CT molecular complexity index is 839. The summed E-state index contributed by atoms with van der Waals surface area (Å²) in [5.74, 6) is 0. The van der Waals surface area contributed by atoms with Gasteiger partial charge in [0.15, 0.2) is 16.6 Å². The quantitative estimate of drug-likeness (QED) is 0.393. The second-order valence-corrected chi connectivity index (χ2v) is 22.5. The predicted molar refractivity (Wildman–Crippen MR) is 139 cm³/mol. The standard InChI is InChI=1S/C26H45NO4Si2/c1-25(2,3)32(7,8)29-18-19-11-13-20(14-12-19)23-16-21-15-22(17-27(21)24(28)30-23)31-33(9,10)26(4,5)6/h11-14,21-23H,15-18H2,1-10H3/t21-,22+,23-/m0/s1. The molecule has 2 aliphatic heterocycles. The van der Waals surface area contributed by atoms with E-state index < -0.39 is 16.6 Å². The van der Waals surface area contributed by atoms with E-state index in [0.29, 0.717) is 13.2 Å². The fraction of sp³-hybridized carbons (Fsp3) is 0.731. The van der Waals surface area contributed by atoms with Crippen LogP contribution in [0.1, 0.15) is 71.6 Å². The van der Waals surface area contributed by atoms with E-state index in [0.717, 1.165) is 24.0 Å². The molecule has 0 N–H and O–H groups in total. The van der Waals surface area contributed by atoms with Gasteiger partial charge in [-0.25, -0.2) is 4.79 Å². The van der Waals surface area contributed by atoms with E-state index in [9.17, 15) is 4.79 Å². The van der Waals surface area contributed by atoms with E-state index in [1.54, 1.807) is 0 Å². The first kappa shape index (κ1) is 26.4. The molecule has 0 spiro atoms. The molecule has 0 aromatic heterocycles. The van der Waals surface area contributed by atoms with Gasteiger partial charge >= 0.3 is 6.09 Å². The Labute approximate surface area is 203 Å². The van der Waals surface area contributed by atoms with Gasteiger partial charge in [0.25, 0.3) is 0 Å². The molecule has 0 bridgehead atoms. The summed E-state index contributed by atoms with van der Waals surface area (Å²) in [5, 5.41) is 0.359. The van der Waals surface area contributed by atoms with Gasteiger partial charge in [0.1, 0.15) is 6.10 Å². The molecule has 1 aromatic rings. The second-order valence-electron chi connectivity index (χ2n) is 12.9. The predicted octanol–water partition coefficient (Wildman–Crippen LogP) is 7.25. The number of rotatable bonds is 6. The van der Waals surface area contributed by atoms with Crippen LogP contribution in [0.2, 0.25) is 36.3 Å². The number of hydrogen-bond acceptors (Lipinski definition) is 4. The zero-order valence-corrected chi connectivity index (χ0v) is 24.5. The van der Waals surface area contributed by atoms with Gasteiger partial charge < -0.3 is 18.5 Å². The molecule has 2 aliphatic rings. The number of ether oxygens (including phenoxy) is 1. The van der Waals surface area contributed by atoms with Crippen LogP contribution in [0.15, 0.2) is 24.3 Å². The molecule has 2 heterocycles. The summed E-state index contributed by atoms with van der Waals surface area (Å²) >= 11 is 0. The van der Waals surface area contributed by atoms with Gasteiger partial charge in [0.2, 0.25) is 0 Å². The summed E-state index contributed by atoms with van der Waals surface area (Å²) in [6.45, 7) is 23.9. The van der Waals surface area contributed by atoms with Crippen LogP contribution in [-0.4, -0.2) is 46.3 Å². The molecule has 2 fully saturated rings. The van der Waals surface area contributed by atoms with Gasteiger partial charge in [0.05, 0.1) is 12.7 Å². The number of cyclic esters (lactones) is 1. The summed E-state index contributed by atoms with van der Waals surface area (Å²) in [6, 6.07) is 8.60. The Morgan fingerprint density at radius 1 is 0.939 bits per heavy atom. The average molecular weight is 492 g/mol. The lowest BCUT2D eigenvalue weighted by Crippen LogP contribution is -2.45. The third kappa shape index (κ3) is 5.92. The van der Waals surface area contributed by atoms with Crippen LogP contribution in [0.5, 0.6) is 0 Å². The maximum absolute atomic E-state index is 12.8. The van der Waals surface area contributed by atoms with Crippen LogP contribution in [0.25, 0.3) is 0 Å². The Hall–Kier alpha value is -1.16. The van der Waals surface area contributed by atoms with Gasteiger partial charge in [-0.15, -0.1) is 0 Å². The molecule has 3 atom stereocenters. The molecule has 33 heavy (non-hydrogen) atoms. The number of fused-ring (bicyclic) bond motifs is 1. The van der Waals surface area contributed by atoms with Crippen LogP contribution in [0.4, 0.5) is 4.79 Å². The fourth-order valence-electron chi connectivity index (χ4n) is 4.00. The minimum absolute atomic E-state index is 0.108. The molecule has 0 unspecified atom stereocenters. The fourth-order valence-corrected chi connectivity index (χ4v) is 6.32. The maximum atomic E-state index is 12.8. The van der Waals surface area contributed by atoms with Crippen molar-refractivity contribution in [1.82, 2.24) is 4.90 Å². The maximum Gasteiger partial charge on any atom is 0.410 e. The van der Waals surface area contributed by atoms with Crippen molar-refractivity contribution < 1.29 is 18.4 Å². The van der Waals surface area contributed by atoms with Crippen molar-refractivity contribution >= 4 is 22.7 Å². The topological polar surface area (TPSA) is 48.0 Å². The highest BCUT2D eigenvalue weighted by Crippen LogP contribution is 2.42. The smallest absolute Gasteiger partial charge is 0.410 e. The Morgan fingerprint density at radius 2 is 1.52 bits per heavy atom. The van der Waals surface area contributed by atoms with Gasteiger partial charge in [-0.2, -0.15) is 0 Å². The number of benzene rings is 1. The van der Waals surface area contributed by atoms with Crippen LogP contribution < -0.4 is 0 Å². The van der Waals surface area contributed by atoms with Crippen molar-refractivity contribution in [2.75, 3.05) is 6.54 Å². The van der Waals surface area contributed by atoms with E-state index >= 15 is 0 Å². The zero-order chi connectivity index (χ0) is 24.8. The van der Waals surface area contributed by atoms with Gasteiger partial charge in [-0.3, -0.25) is 0 Å². The summed E-state index contributed by atoms with van der Waals surface area (Å²) in [7, 11) is -3.64. The minimum Gasteiger partial charge on any atom is -0.441 e. The Balaban J connectivity index is 1.61. The SMILES string of the molecule is CC(C)(C)[Si](C)(C)OCc1ccc([C@@H]2C[C@@H]3C[C@@H](O[Si](C)(C)C(C)(C)C)CN3C(=O)O2)cc1. The lowest BCUT2D eigenvalue weighted by Gasteiger charge is -2.38. The van der Waals surface area contributed by atoms with Crippen LogP contribution in [0, 0.1) is 0 Å². The molecule has 7 heteroatoms. The van der Waals surface area contributed by atoms with E-state index in [2.05, 4.69) is 92.0 Å². The molecule has 0 aliphatic carbocycles. The number of carbonyl (C=O) groups is 1. The number of nitrogens with zero attached hydrogens (tertiary/aromatic N) is 1. The molecular formula is C26H45NO4Si2. The van der Waals surface area contributed by atoms with E-state index in [1.807, 2.05) is 4.90 Å². The monoisotopic (exact) mass is 491 g/mol. The number of hydrogen-bond donors (Lipinski definition) is 0. The Kier molecular flexibility index (Phi) is 7.32. The van der Waals surface area contributed by atoms with Crippen molar-refractivity contribution in [3.63, 3.8) is 0 Å². The molecule has 186 valence electrons. The molecule has 5 nitrogen and oxygen atoms in total. The molecule has 1 aromatic carbocycles. The van der Waals surface area contributed by atoms with E-state index in [-0.39, 0.29) is 34.4 Å². The van der Waals surface area contributed by atoms with Crippen LogP contribution in [-0.2, 0) is 20.2 Å². The van der Waals surface area contributed by atoms with E-state index in [1.165, 1.54) is 0 Å². The highest BCUT2D eigenvalue weighted by Gasteiger charge is 2.47. The summed E-state index contributed by atoms with van der Waals surface area (Å²) in [6.07, 6.45) is 1.43. The molecule has 1 amide bonds. The number of carbonyl (C=O) groups excluding carboxylic acids is 1. The lowest BCUT2D eigenvalue weighted by molar-refractivity contribution is 0.0104. The van der Waals surface area contributed by atoms with Crippen molar-refractivity contribution in [3.8, 4) is 0 Å². The summed E-state index contributed by atoms with van der Waals surface area (Å²) in [4.78, 5) is 14.7. The van der Waals surface area contributed by atoms with Crippen LogP contribution >= 0.6 is 0 Å². The Morgan fingerprint density at radius 3 is 2.06 bits per heavy atom. The van der Waals surface area contributed by atoms with Crippen molar-refractivity contribution in [1.29, 1.82) is 0 Å². The zero-order valence-electron chi connectivity index (χ0n) is 22.5. The summed E-state index contributed by atoms with van der Waals surface area (Å²) in [5.41, 5.74) is 2.23. The molecule has 0 radical (unpaired) electrons. The van der Waals surface area contributed by atoms with Crippen molar-refractivity contribution in [2.45, 2.75) is 116 Å². The molecule has 2 saturated heterocycles. The van der Waals surface area contributed by atoms with Gasteiger partial charge in [-0.05, 0) is 53.8 Å². The largest absolute Gasteiger partial charge is 0.441 e. The molecular weight excluding hydrogens is 446 g/mol. The average Bonchev–Trinajstić information content (AvgIpc) is 3.07. The minimum atomic E-state index is -1.86. The molecule has 3 rings (SSSR count). The first-order valence-corrected chi connectivity index (χ1v) is 18.2. The molecule has 0 saturated carbocycles. The third-order valence-corrected chi connectivity index (χ3v) is 17.4. The first-order chi connectivity index (χ1) is 15.0.